The lowest BCUT2D eigenvalue weighted by molar-refractivity contribution is -0.138. The summed E-state index contributed by atoms with van der Waals surface area (Å²) in [7, 11) is 1.53. The number of ether oxygens (including phenoxy) is 1. The molecule has 7 heteroatoms. The number of rotatable bonds is 10. The number of amides is 2. The quantitative estimate of drug-likeness (QED) is 0.426. The fraction of sp³-hybridized carbons (Fsp3) is 0.913. The predicted octanol–water partition coefficient (Wildman–Crippen LogP) is 3.51. The molecule has 1 aliphatic rings. The van der Waals surface area contributed by atoms with Gasteiger partial charge in [0.25, 0.3) is 0 Å². The fourth-order valence-electron chi connectivity index (χ4n) is 4.45. The van der Waals surface area contributed by atoms with Crippen LogP contribution in [0.25, 0.3) is 0 Å². The van der Waals surface area contributed by atoms with Gasteiger partial charge in [-0.15, -0.1) is 0 Å². The fourth-order valence-corrected chi connectivity index (χ4v) is 4.45. The SMILES string of the molecule is CCC(O)(CC)[C@H](C[C@H](O)[C@H](CC1CCCCC1)NC(=O)OC(C)(C)C)C(=O)NC. The van der Waals surface area contributed by atoms with Crippen LogP contribution in [0, 0.1) is 11.8 Å². The molecule has 2 amide bonds. The van der Waals surface area contributed by atoms with Gasteiger partial charge in [0.2, 0.25) is 5.91 Å². The molecule has 176 valence electrons. The maximum Gasteiger partial charge on any atom is 0.407 e. The minimum Gasteiger partial charge on any atom is -0.444 e. The van der Waals surface area contributed by atoms with Crippen LogP contribution in [0.15, 0.2) is 0 Å². The average Bonchev–Trinajstić information content (AvgIpc) is 2.69. The minimum absolute atomic E-state index is 0.0744. The normalized spacial score (nSPS) is 18.9. The van der Waals surface area contributed by atoms with Crippen LogP contribution in [0.2, 0.25) is 0 Å². The first kappa shape index (κ1) is 26.7. The first-order valence-electron chi connectivity index (χ1n) is 11.6. The van der Waals surface area contributed by atoms with Gasteiger partial charge < -0.3 is 25.6 Å². The van der Waals surface area contributed by atoms with E-state index in [9.17, 15) is 19.8 Å². The van der Waals surface area contributed by atoms with Gasteiger partial charge in [0.1, 0.15) is 5.60 Å². The summed E-state index contributed by atoms with van der Waals surface area (Å²) in [5, 5.41) is 27.5. The number of carbonyl (C=O) groups is 2. The molecular weight excluding hydrogens is 384 g/mol. The van der Waals surface area contributed by atoms with Crippen molar-refractivity contribution in [3.05, 3.63) is 0 Å². The number of hydrogen-bond donors (Lipinski definition) is 4. The topological polar surface area (TPSA) is 108 Å². The van der Waals surface area contributed by atoms with Crippen LogP contribution in [0.4, 0.5) is 4.79 Å². The largest absolute Gasteiger partial charge is 0.444 e. The summed E-state index contributed by atoms with van der Waals surface area (Å²) < 4.78 is 5.40. The van der Waals surface area contributed by atoms with Gasteiger partial charge in [0, 0.05) is 7.05 Å². The van der Waals surface area contributed by atoms with E-state index in [0.717, 1.165) is 25.7 Å². The van der Waals surface area contributed by atoms with E-state index in [1.807, 2.05) is 13.8 Å². The molecule has 1 saturated carbocycles. The number of carbonyl (C=O) groups excluding carboxylic acids is 2. The number of hydrogen-bond acceptors (Lipinski definition) is 5. The standard InChI is InChI=1S/C23H44N2O5/c1-7-23(29,8-2)17(20(27)24-6)15-19(26)18(14-16-12-10-9-11-13-16)25-21(28)30-22(3,4)5/h16-19,26,29H,7-15H2,1-6H3,(H,24,27)(H,25,28)/t17-,18+,19+/m1/s1. The van der Waals surface area contributed by atoms with Crippen molar-refractivity contribution in [1.82, 2.24) is 10.6 Å². The highest BCUT2D eigenvalue weighted by Crippen LogP contribution is 2.32. The van der Waals surface area contributed by atoms with Crippen molar-refractivity contribution in [3.63, 3.8) is 0 Å². The van der Waals surface area contributed by atoms with Crippen molar-refractivity contribution >= 4 is 12.0 Å². The lowest BCUT2D eigenvalue weighted by Crippen LogP contribution is -2.51. The van der Waals surface area contributed by atoms with Gasteiger partial charge >= 0.3 is 6.09 Å². The lowest BCUT2D eigenvalue weighted by Gasteiger charge is -2.37. The van der Waals surface area contributed by atoms with Gasteiger partial charge in [-0.2, -0.15) is 0 Å². The first-order chi connectivity index (χ1) is 14.0. The molecule has 30 heavy (non-hydrogen) atoms. The molecule has 1 fully saturated rings. The molecule has 0 aromatic carbocycles. The lowest BCUT2D eigenvalue weighted by atomic mass is 9.76. The number of alkyl carbamates (subject to hydrolysis) is 1. The zero-order valence-corrected chi connectivity index (χ0v) is 19.8. The van der Waals surface area contributed by atoms with Crippen molar-refractivity contribution < 1.29 is 24.5 Å². The summed E-state index contributed by atoms with van der Waals surface area (Å²) >= 11 is 0. The van der Waals surface area contributed by atoms with E-state index in [-0.39, 0.29) is 12.3 Å². The first-order valence-corrected chi connectivity index (χ1v) is 11.6. The average molecular weight is 429 g/mol. The van der Waals surface area contributed by atoms with Crippen molar-refractivity contribution in [2.75, 3.05) is 7.05 Å². The van der Waals surface area contributed by atoms with Crippen LogP contribution in [0.5, 0.6) is 0 Å². The summed E-state index contributed by atoms with van der Waals surface area (Å²) in [5.41, 5.74) is -1.85. The summed E-state index contributed by atoms with van der Waals surface area (Å²) in [6.45, 7) is 9.06. The molecule has 0 bridgehead atoms. The molecule has 0 aromatic heterocycles. The molecular formula is C23H44N2O5. The van der Waals surface area contributed by atoms with Crippen LogP contribution in [-0.4, -0.2) is 52.6 Å². The number of nitrogens with one attached hydrogen (secondary N) is 2. The molecule has 0 spiro atoms. The Kier molecular flexibility index (Phi) is 10.6. The molecule has 4 N–H and O–H groups in total. The zero-order chi connectivity index (χ0) is 22.9. The van der Waals surface area contributed by atoms with Gasteiger partial charge in [-0.05, 0) is 52.4 Å². The highest BCUT2D eigenvalue weighted by atomic mass is 16.6. The van der Waals surface area contributed by atoms with E-state index < -0.39 is 35.4 Å². The highest BCUT2D eigenvalue weighted by molar-refractivity contribution is 5.79. The Bertz CT molecular complexity index is 536. The summed E-state index contributed by atoms with van der Waals surface area (Å²) in [5.74, 6) is -0.640. The predicted molar refractivity (Wildman–Crippen MR) is 118 cm³/mol. The molecule has 7 nitrogen and oxygen atoms in total. The van der Waals surface area contributed by atoms with Crippen LogP contribution < -0.4 is 10.6 Å². The van der Waals surface area contributed by atoms with E-state index in [4.69, 9.17) is 4.74 Å². The third kappa shape index (κ3) is 8.42. The molecule has 0 unspecified atom stereocenters. The highest BCUT2D eigenvalue weighted by Gasteiger charge is 2.41. The van der Waals surface area contributed by atoms with Crippen LogP contribution >= 0.6 is 0 Å². The Labute approximate surface area is 182 Å². The molecule has 0 aromatic rings. The molecule has 3 atom stereocenters. The van der Waals surface area contributed by atoms with E-state index in [2.05, 4.69) is 10.6 Å². The number of aliphatic hydroxyl groups excluding tert-OH is 1. The monoisotopic (exact) mass is 428 g/mol. The van der Waals surface area contributed by atoms with Crippen molar-refractivity contribution in [2.24, 2.45) is 11.8 Å². The van der Waals surface area contributed by atoms with Gasteiger partial charge in [-0.1, -0.05) is 46.0 Å². The Balaban J connectivity index is 3.00. The third-order valence-corrected chi connectivity index (χ3v) is 6.39. The van der Waals surface area contributed by atoms with Crippen LogP contribution in [-0.2, 0) is 9.53 Å². The van der Waals surface area contributed by atoms with Gasteiger partial charge in [0.05, 0.1) is 23.7 Å². The maximum atomic E-state index is 12.5. The molecule has 0 aliphatic heterocycles. The number of aliphatic hydroxyl groups is 2. The Hall–Kier alpha value is -1.34. The molecule has 0 saturated heterocycles. The molecule has 1 rings (SSSR count). The Morgan fingerprint density at radius 3 is 2.13 bits per heavy atom. The molecule has 0 radical (unpaired) electrons. The third-order valence-electron chi connectivity index (χ3n) is 6.39. The van der Waals surface area contributed by atoms with Gasteiger partial charge in [-0.3, -0.25) is 4.79 Å². The van der Waals surface area contributed by atoms with E-state index >= 15 is 0 Å². The van der Waals surface area contributed by atoms with Crippen LogP contribution in [0.3, 0.4) is 0 Å². The minimum atomic E-state index is -1.21. The van der Waals surface area contributed by atoms with Crippen molar-refractivity contribution in [2.45, 2.75) is 116 Å². The molecule has 1 aliphatic carbocycles. The Morgan fingerprint density at radius 1 is 1.10 bits per heavy atom. The summed E-state index contributed by atoms with van der Waals surface area (Å²) in [4.78, 5) is 25.0. The summed E-state index contributed by atoms with van der Waals surface area (Å²) in [6, 6.07) is -0.534. The van der Waals surface area contributed by atoms with E-state index in [1.165, 1.54) is 13.5 Å². The van der Waals surface area contributed by atoms with Crippen molar-refractivity contribution in [1.29, 1.82) is 0 Å². The zero-order valence-electron chi connectivity index (χ0n) is 19.8. The Morgan fingerprint density at radius 2 is 1.67 bits per heavy atom. The van der Waals surface area contributed by atoms with Gasteiger partial charge in [0.15, 0.2) is 0 Å². The second-order valence-electron chi connectivity index (χ2n) is 9.77. The summed E-state index contributed by atoms with van der Waals surface area (Å²) in [6.07, 6.45) is 5.68. The maximum absolute atomic E-state index is 12.5. The van der Waals surface area contributed by atoms with E-state index in [0.29, 0.717) is 25.2 Å². The van der Waals surface area contributed by atoms with Gasteiger partial charge in [-0.25, -0.2) is 4.79 Å². The van der Waals surface area contributed by atoms with Crippen LogP contribution in [0.1, 0.15) is 92.4 Å². The second-order valence-corrected chi connectivity index (χ2v) is 9.77. The van der Waals surface area contributed by atoms with Crippen molar-refractivity contribution in [3.8, 4) is 0 Å². The molecule has 0 heterocycles. The van der Waals surface area contributed by atoms with E-state index in [1.54, 1.807) is 20.8 Å². The second kappa shape index (κ2) is 11.9. The smallest absolute Gasteiger partial charge is 0.407 e.